The van der Waals surface area contributed by atoms with Gasteiger partial charge >= 0.3 is 0 Å². The first-order valence-electron chi connectivity index (χ1n) is 6.70. The van der Waals surface area contributed by atoms with Gasteiger partial charge in [-0.05, 0) is 24.3 Å². The first-order valence-corrected chi connectivity index (χ1v) is 7.07. The summed E-state index contributed by atoms with van der Waals surface area (Å²) < 4.78 is 2.18. The average Bonchev–Trinajstić information content (AvgIpc) is 2.82. The first kappa shape index (κ1) is 12.4. The predicted octanol–water partition coefficient (Wildman–Crippen LogP) is 4.44. The van der Waals surface area contributed by atoms with E-state index in [0.717, 1.165) is 16.8 Å². The number of aromatic nitrogens is 3. The van der Waals surface area contributed by atoms with Crippen molar-refractivity contribution in [3.05, 3.63) is 60.0 Å². The lowest BCUT2D eigenvalue weighted by atomic mass is 10.1. The Labute approximate surface area is 126 Å². The highest BCUT2D eigenvalue weighted by Gasteiger charge is 2.13. The van der Waals surface area contributed by atoms with Gasteiger partial charge in [0.05, 0.1) is 11.2 Å². The maximum atomic E-state index is 5.88. The minimum Gasteiger partial charge on any atom is -0.342 e. The molecule has 3 nitrogen and oxygen atoms in total. The molecule has 4 rings (SSSR count). The zero-order valence-corrected chi connectivity index (χ0v) is 12.2. The lowest BCUT2D eigenvalue weighted by Gasteiger charge is -2.05. The Kier molecular flexibility index (Phi) is 2.69. The number of nitrogens with zero attached hydrogens (tertiary/aromatic N) is 3. The molecule has 0 aliphatic rings. The molecule has 21 heavy (non-hydrogen) atoms. The molecule has 0 saturated carbocycles. The van der Waals surface area contributed by atoms with Crippen molar-refractivity contribution in [2.75, 3.05) is 0 Å². The van der Waals surface area contributed by atoms with Gasteiger partial charge in [0.1, 0.15) is 5.15 Å². The van der Waals surface area contributed by atoms with Gasteiger partial charge in [0.2, 0.25) is 0 Å². The van der Waals surface area contributed by atoms with Gasteiger partial charge in [-0.1, -0.05) is 29.8 Å². The Morgan fingerprint density at radius 2 is 1.81 bits per heavy atom. The molecule has 3 aromatic heterocycles. The van der Waals surface area contributed by atoms with Crippen LogP contribution in [0.5, 0.6) is 0 Å². The van der Waals surface area contributed by atoms with Crippen molar-refractivity contribution in [1.29, 1.82) is 0 Å². The van der Waals surface area contributed by atoms with Crippen LogP contribution in [0.1, 0.15) is 0 Å². The van der Waals surface area contributed by atoms with Crippen LogP contribution in [0.15, 0.2) is 54.9 Å². The minimum absolute atomic E-state index is 0.489. The quantitative estimate of drug-likeness (QED) is 0.486. The number of hydrogen-bond acceptors (Lipinski definition) is 2. The summed E-state index contributed by atoms with van der Waals surface area (Å²) in [5.41, 5.74) is 4.21. The molecule has 0 aliphatic heterocycles. The summed E-state index contributed by atoms with van der Waals surface area (Å²) in [6.07, 6.45) is 3.61. The highest BCUT2D eigenvalue weighted by molar-refractivity contribution is 6.29. The van der Waals surface area contributed by atoms with Gasteiger partial charge < -0.3 is 4.57 Å². The van der Waals surface area contributed by atoms with Gasteiger partial charge in [0.25, 0.3) is 0 Å². The van der Waals surface area contributed by atoms with E-state index in [1.807, 2.05) is 12.3 Å². The Hall–Kier alpha value is -2.39. The topological polar surface area (TPSA) is 30.7 Å². The van der Waals surface area contributed by atoms with E-state index >= 15 is 0 Å². The van der Waals surface area contributed by atoms with Crippen LogP contribution < -0.4 is 0 Å². The van der Waals surface area contributed by atoms with Crippen LogP contribution in [0, 0.1) is 0 Å². The van der Waals surface area contributed by atoms with Crippen LogP contribution in [-0.2, 0) is 7.05 Å². The fraction of sp³-hybridized carbons (Fsp3) is 0.0588. The molecule has 0 atom stereocenters. The maximum absolute atomic E-state index is 5.88. The van der Waals surface area contributed by atoms with Gasteiger partial charge in [-0.25, -0.2) is 4.98 Å². The Morgan fingerprint density at radius 3 is 2.62 bits per heavy atom. The molecular weight excluding hydrogens is 282 g/mol. The van der Waals surface area contributed by atoms with E-state index in [2.05, 4.69) is 51.9 Å². The lowest BCUT2D eigenvalue weighted by molar-refractivity contribution is 1.01. The summed E-state index contributed by atoms with van der Waals surface area (Å²) >= 11 is 5.88. The number of rotatable bonds is 1. The van der Waals surface area contributed by atoms with Gasteiger partial charge in [-0.15, -0.1) is 0 Å². The highest BCUT2D eigenvalue weighted by atomic mass is 35.5. The Bertz CT molecular complexity index is 955. The van der Waals surface area contributed by atoms with Crippen molar-refractivity contribution in [2.24, 2.45) is 7.05 Å². The second kappa shape index (κ2) is 4.57. The molecule has 0 radical (unpaired) electrons. The normalized spacial score (nSPS) is 11.3. The predicted molar refractivity (Wildman–Crippen MR) is 86.5 cm³/mol. The summed E-state index contributed by atoms with van der Waals surface area (Å²) in [6.45, 7) is 0. The second-order valence-corrected chi connectivity index (χ2v) is 5.39. The summed E-state index contributed by atoms with van der Waals surface area (Å²) in [7, 11) is 2.07. The zero-order valence-electron chi connectivity index (χ0n) is 11.4. The molecule has 0 N–H and O–H groups in total. The summed E-state index contributed by atoms with van der Waals surface area (Å²) in [5.74, 6) is 0. The molecule has 0 unspecified atom stereocenters. The third-order valence-electron chi connectivity index (χ3n) is 3.82. The zero-order chi connectivity index (χ0) is 14.4. The molecular formula is C17H12ClN3. The van der Waals surface area contributed by atoms with E-state index in [0.29, 0.717) is 5.15 Å². The van der Waals surface area contributed by atoms with Gasteiger partial charge in [-0.3, -0.25) is 4.98 Å². The number of aryl methyl sites for hydroxylation is 1. The fourth-order valence-electron chi connectivity index (χ4n) is 2.85. The number of halogens is 1. The van der Waals surface area contributed by atoms with Crippen molar-refractivity contribution in [3.8, 4) is 11.3 Å². The molecule has 1 aromatic carbocycles. The molecule has 4 aromatic rings. The number of benzene rings is 1. The standard InChI is InChI=1S/C17H12ClN3/c1-21-14-5-3-2-4-12(14)13-8-9-19-16(17(13)21)11-6-7-15(18)20-10-11/h2-10H,1H3. The van der Waals surface area contributed by atoms with Crippen LogP contribution in [0.3, 0.4) is 0 Å². The Morgan fingerprint density at radius 1 is 0.952 bits per heavy atom. The molecule has 0 fully saturated rings. The van der Waals surface area contributed by atoms with Crippen molar-refractivity contribution in [2.45, 2.75) is 0 Å². The van der Waals surface area contributed by atoms with Crippen molar-refractivity contribution < 1.29 is 0 Å². The number of para-hydroxylation sites is 1. The molecule has 3 heterocycles. The average molecular weight is 294 g/mol. The van der Waals surface area contributed by atoms with Crippen molar-refractivity contribution in [3.63, 3.8) is 0 Å². The molecule has 4 heteroatoms. The van der Waals surface area contributed by atoms with Crippen LogP contribution >= 0.6 is 11.6 Å². The maximum Gasteiger partial charge on any atom is 0.129 e. The molecule has 0 spiro atoms. The van der Waals surface area contributed by atoms with E-state index in [-0.39, 0.29) is 0 Å². The molecule has 0 bridgehead atoms. The lowest BCUT2D eigenvalue weighted by Crippen LogP contribution is -1.92. The van der Waals surface area contributed by atoms with Crippen molar-refractivity contribution >= 4 is 33.4 Å². The monoisotopic (exact) mass is 293 g/mol. The fourth-order valence-corrected chi connectivity index (χ4v) is 2.96. The van der Waals surface area contributed by atoms with E-state index in [4.69, 9.17) is 11.6 Å². The third-order valence-corrected chi connectivity index (χ3v) is 4.04. The molecule has 102 valence electrons. The van der Waals surface area contributed by atoms with E-state index < -0.39 is 0 Å². The highest BCUT2D eigenvalue weighted by Crippen LogP contribution is 2.33. The smallest absolute Gasteiger partial charge is 0.129 e. The van der Waals surface area contributed by atoms with Crippen LogP contribution in [-0.4, -0.2) is 14.5 Å². The SMILES string of the molecule is Cn1c2ccccc2c2ccnc(-c3ccc(Cl)nc3)c21. The first-order chi connectivity index (χ1) is 10.3. The molecule has 0 saturated heterocycles. The summed E-state index contributed by atoms with van der Waals surface area (Å²) in [5, 5.41) is 2.93. The second-order valence-electron chi connectivity index (χ2n) is 5.00. The van der Waals surface area contributed by atoms with E-state index in [1.165, 1.54) is 16.3 Å². The number of hydrogen-bond donors (Lipinski definition) is 0. The molecule has 0 amide bonds. The molecule has 0 aliphatic carbocycles. The third kappa shape index (κ3) is 1.82. The van der Waals surface area contributed by atoms with E-state index in [1.54, 1.807) is 12.3 Å². The summed E-state index contributed by atoms with van der Waals surface area (Å²) in [4.78, 5) is 8.72. The minimum atomic E-state index is 0.489. The van der Waals surface area contributed by atoms with E-state index in [9.17, 15) is 0 Å². The van der Waals surface area contributed by atoms with Gasteiger partial charge in [0.15, 0.2) is 0 Å². The van der Waals surface area contributed by atoms with Crippen LogP contribution in [0.25, 0.3) is 33.1 Å². The van der Waals surface area contributed by atoms with Gasteiger partial charge in [-0.2, -0.15) is 0 Å². The number of fused-ring (bicyclic) bond motifs is 3. The van der Waals surface area contributed by atoms with Crippen LogP contribution in [0.4, 0.5) is 0 Å². The largest absolute Gasteiger partial charge is 0.342 e. The van der Waals surface area contributed by atoms with Gasteiger partial charge in [0, 0.05) is 41.3 Å². The van der Waals surface area contributed by atoms with Crippen molar-refractivity contribution in [1.82, 2.24) is 14.5 Å². The summed E-state index contributed by atoms with van der Waals surface area (Å²) in [6, 6.07) is 14.2. The van der Waals surface area contributed by atoms with Crippen LogP contribution in [0.2, 0.25) is 5.15 Å². The number of pyridine rings is 2. The Balaban J connectivity index is 2.13.